The quantitative estimate of drug-likeness (QED) is 0.535. The van der Waals surface area contributed by atoms with Crippen molar-refractivity contribution in [2.24, 2.45) is 17.6 Å². The molecule has 2 N–H and O–H groups in total. The van der Waals surface area contributed by atoms with E-state index in [1.807, 2.05) is 6.07 Å². The molecule has 5 rings (SSSR count). The largest absolute Gasteiger partial charge is 0.368 e. The van der Waals surface area contributed by atoms with E-state index in [2.05, 4.69) is 9.88 Å². The minimum Gasteiger partial charge on any atom is -0.368 e. The first kappa shape index (κ1) is 22.6. The van der Waals surface area contributed by atoms with E-state index in [0.717, 1.165) is 18.8 Å². The number of amides is 2. The Labute approximate surface area is 206 Å². The number of pyridine rings is 1. The lowest BCUT2D eigenvalue weighted by atomic mass is 10.0. The molecule has 0 radical (unpaired) electrons. The summed E-state index contributed by atoms with van der Waals surface area (Å²) in [6.07, 6.45) is 2.78. The fourth-order valence-corrected chi connectivity index (χ4v) is 5.02. The van der Waals surface area contributed by atoms with Gasteiger partial charge in [0.1, 0.15) is 5.82 Å². The van der Waals surface area contributed by atoms with Gasteiger partial charge >= 0.3 is 0 Å². The van der Waals surface area contributed by atoms with Crippen molar-refractivity contribution in [3.63, 3.8) is 0 Å². The molecule has 6 nitrogen and oxygen atoms in total. The van der Waals surface area contributed by atoms with Crippen LogP contribution in [0.3, 0.4) is 0 Å². The molecule has 34 heavy (non-hydrogen) atoms. The van der Waals surface area contributed by atoms with Crippen molar-refractivity contribution in [1.82, 2.24) is 4.98 Å². The molecule has 3 aromatic rings. The van der Waals surface area contributed by atoms with Crippen LogP contribution < -0.4 is 15.5 Å². The van der Waals surface area contributed by atoms with Gasteiger partial charge in [-0.25, -0.2) is 9.37 Å². The molecular formula is C25H21Cl2FN4O2. The third-order valence-corrected chi connectivity index (χ3v) is 7.17. The van der Waals surface area contributed by atoms with Crippen LogP contribution in [0.5, 0.6) is 0 Å². The summed E-state index contributed by atoms with van der Waals surface area (Å²) in [4.78, 5) is 33.0. The Hall–Kier alpha value is -3.16. The van der Waals surface area contributed by atoms with Crippen LogP contribution in [-0.4, -0.2) is 36.9 Å². The number of hydrogen-bond donors (Lipinski definition) is 1. The maximum Gasteiger partial charge on any atom is 0.263 e. The number of fused-ring (bicyclic) bond motifs is 1. The standard InChI is InChI=1S/C25H21Cl2FN4O2/c1-31(25(34)22-19(27)3-2-4-20(22)28)24-21(32-11-15-7-16(15)12-32)9-14(10-30-24)17-8-13(23(29)33)5-6-18(17)26/h2-6,8-10,15-16H,7,11-12H2,1H3,(H2,29,33). The summed E-state index contributed by atoms with van der Waals surface area (Å²) in [6, 6.07) is 10.8. The molecule has 174 valence electrons. The average molecular weight is 499 g/mol. The number of nitrogens with two attached hydrogens (primary N) is 1. The second-order valence-electron chi connectivity index (χ2n) is 8.75. The molecule has 2 unspecified atom stereocenters. The van der Waals surface area contributed by atoms with E-state index < -0.39 is 17.6 Å². The van der Waals surface area contributed by atoms with Gasteiger partial charge in [0.25, 0.3) is 5.91 Å². The Kier molecular flexibility index (Phi) is 5.70. The zero-order chi connectivity index (χ0) is 24.1. The smallest absolute Gasteiger partial charge is 0.263 e. The van der Waals surface area contributed by atoms with Crippen molar-refractivity contribution in [3.05, 3.63) is 75.7 Å². The number of anilines is 2. The topological polar surface area (TPSA) is 79.5 Å². The van der Waals surface area contributed by atoms with Crippen LogP contribution in [0.25, 0.3) is 11.1 Å². The van der Waals surface area contributed by atoms with E-state index in [1.54, 1.807) is 31.4 Å². The Bertz CT molecular complexity index is 1300. The number of halogens is 3. The molecule has 2 aromatic carbocycles. The van der Waals surface area contributed by atoms with Crippen LogP contribution in [0.4, 0.5) is 15.9 Å². The van der Waals surface area contributed by atoms with E-state index in [4.69, 9.17) is 28.9 Å². The number of benzene rings is 2. The number of aromatic nitrogens is 1. The third-order valence-electron chi connectivity index (χ3n) is 6.53. The lowest BCUT2D eigenvalue weighted by Crippen LogP contribution is -2.31. The van der Waals surface area contributed by atoms with Crippen LogP contribution >= 0.6 is 23.2 Å². The third kappa shape index (κ3) is 3.99. The van der Waals surface area contributed by atoms with Crippen molar-refractivity contribution in [1.29, 1.82) is 0 Å². The van der Waals surface area contributed by atoms with Crippen LogP contribution in [0.1, 0.15) is 27.1 Å². The van der Waals surface area contributed by atoms with Gasteiger partial charge in [-0.3, -0.25) is 14.5 Å². The van der Waals surface area contributed by atoms with Crippen LogP contribution in [0.2, 0.25) is 10.0 Å². The van der Waals surface area contributed by atoms with Gasteiger partial charge in [-0.1, -0.05) is 29.3 Å². The van der Waals surface area contributed by atoms with E-state index in [9.17, 15) is 14.0 Å². The van der Waals surface area contributed by atoms with Gasteiger partial charge in [0.15, 0.2) is 5.82 Å². The molecular weight excluding hydrogens is 478 g/mol. The van der Waals surface area contributed by atoms with E-state index >= 15 is 0 Å². The van der Waals surface area contributed by atoms with E-state index in [-0.39, 0.29) is 10.6 Å². The number of piperidine rings is 1. The number of hydrogen-bond acceptors (Lipinski definition) is 4. The highest BCUT2D eigenvalue weighted by molar-refractivity contribution is 6.34. The SMILES string of the molecule is CN(C(=O)c1c(F)cccc1Cl)c1ncc(-c2cc(C(N)=O)ccc2Cl)cc1N1CC2CC2C1. The van der Waals surface area contributed by atoms with Gasteiger partial charge in [-0.2, -0.15) is 0 Å². The first-order valence-corrected chi connectivity index (χ1v) is 11.6. The lowest BCUT2D eigenvalue weighted by molar-refractivity contribution is 0.0984. The number of nitrogens with zero attached hydrogens (tertiary/aromatic N) is 3. The summed E-state index contributed by atoms with van der Waals surface area (Å²) in [7, 11) is 1.55. The Balaban J connectivity index is 1.59. The minimum absolute atomic E-state index is 0.0347. The highest BCUT2D eigenvalue weighted by Crippen LogP contribution is 2.48. The Morgan fingerprint density at radius 2 is 1.85 bits per heavy atom. The Morgan fingerprint density at radius 1 is 1.12 bits per heavy atom. The highest BCUT2D eigenvalue weighted by Gasteiger charge is 2.46. The van der Waals surface area contributed by atoms with Gasteiger partial charge in [0, 0.05) is 48.0 Å². The molecule has 1 aliphatic carbocycles. The normalized spacial score (nSPS) is 18.5. The monoisotopic (exact) mass is 498 g/mol. The van der Waals surface area contributed by atoms with Gasteiger partial charge < -0.3 is 10.6 Å². The number of rotatable bonds is 5. The molecule has 1 saturated carbocycles. The zero-order valence-corrected chi connectivity index (χ0v) is 19.8. The average Bonchev–Trinajstić information content (AvgIpc) is 3.42. The summed E-state index contributed by atoms with van der Waals surface area (Å²) in [5.41, 5.74) is 7.58. The first-order chi connectivity index (χ1) is 16.2. The van der Waals surface area contributed by atoms with Crippen molar-refractivity contribution >= 4 is 46.5 Å². The summed E-state index contributed by atoms with van der Waals surface area (Å²) < 4.78 is 14.5. The van der Waals surface area contributed by atoms with E-state index in [1.165, 1.54) is 29.5 Å². The number of carbonyl (C=O) groups is 2. The maximum atomic E-state index is 14.5. The highest BCUT2D eigenvalue weighted by atomic mass is 35.5. The lowest BCUT2D eigenvalue weighted by Gasteiger charge is -2.27. The molecule has 1 saturated heterocycles. The fraction of sp³-hybridized carbons (Fsp3) is 0.240. The molecule has 0 bridgehead atoms. The molecule has 1 aliphatic heterocycles. The summed E-state index contributed by atoms with van der Waals surface area (Å²) >= 11 is 12.6. The summed E-state index contributed by atoms with van der Waals surface area (Å²) in [6.45, 7) is 1.70. The fourth-order valence-electron chi connectivity index (χ4n) is 4.55. The first-order valence-electron chi connectivity index (χ1n) is 10.8. The Morgan fingerprint density at radius 3 is 2.53 bits per heavy atom. The van der Waals surface area contributed by atoms with Crippen molar-refractivity contribution in [2.75, 3.05) is 29.9 Å². The molecule has 2 amide bonds. The van der Waals surface area contributed by atoms with E-state index in [0.29, 0.717) is 39.4 Å². The summed E-state index contributed by atoms with van der Waals surface area (Å²) in [5.74, 6) is -0.214. The van der Waals surface area contributed by atoms with Gasteiger partial charge in [-0.15, -0.1) is 0 Å². The van der Waals surface area contributed by atoms with Crippen molar-refractivity contribution < 1.29 is 14.0 Å². The molecule has 9 heteroatoms. The number of carbonyl (C=O) groups excluding carboxylic acids is 2. The molecule has 2 atom stereocenters. The molecule has 2 fully saturated rings. The van der Waals surface area contributed by atoms with Gasteiger partial charge in [0.05, 0.1) is 16.3 Å². The van der Waals surface area contributed by atoms with Crippen LogP contribution in [-0.2, 0) is 0 Å². The second-order valence-corrected chi connectivity index (χ2v) is 9.56. The maximum absolute atomic E-state index is 14.5. The predicted octanol–water partition coefficient (Wildman–Crippen LogP) is 5.03. The number of primary amides is 1. The molecule has 2 aliphatic rings. The summed E-state index contributed by atoms with van der Waals surface area (Å²) in [5, 5.41) is 0.477. The molecule has 1 aromatic heterocycles. The minimum atomic E-state index is -0.694. The van der Waals surface area contributed by atoms with Crippen LogP contribution in [0.15, 0.2) is 48.7 Å². The molecule has 2 heterocycles. The predicted molar refractivity (Wildman–Crippen MR) is 131 cm³/mol. The van der Waals surface area contributed by atoms with Crippen LogP contribution in [0, 0.1) is 17.7 Å². The van der Waals surface area contributed by atoms with Gasteiger partial charge in [-0.05, 0) is 54.7 Å². The zero-order valence-electron chi connectivity index (χ0n) is 18.3. The van der Waals surface area contributed by atoms with Crippen molar-refractivity contribution in [3.8, 4) is 11.1 Å². The van der Waals surface area contributed by atoms with Gasteiger partial charge in [0.2, 0.25) is 5.91 Å². The second kappa shape index (κ2) is 8.56. The van der Waals surface area contributed by atoms with Crippen molar-refractivity contribution in [2.45, 2.75) is 6.42 Å². The molecule has 0 spiro atoms.